The highest BCUT2D eigenvalue weighted by molar-refractivity contribution is 7.92. The van der Waals surface area contributed by atoms with Gasteiger partial charge in [-0.05, 0) is 55.0 Å². The van der Waals surface area contributed by atoms with E-state index in [0.717, 1.165) is 22.7 Å². The average molecular weight is 708 g/mol. The van der Waals surface area contributed by atoms with E-state index < -0.39 is 45.2 Å². The number of aromatic nitrogens is 2. The number of sulfonamides is 1. The Hall–Kier alpha value is -5.44. The van der Waals surface area contributed by atoms with Crippen LogP contribution in [0.2, 0.25) is 0 Å². The molecule has 5 aromatic rings. The molecule has 15 heteroatoms. The fraction of sp³-hybridized carbons (Fsp3) is 0.257. The van der Waals surface area contributed by atoms with Crippen molar-refractivity contribution in [1.82, 2.24) is 20.6 Å². The zero-order valence-corrected chi connectivity index (χ0v) is 28.2. The van der Waals surface area contributed by atoms with Gasteiger partial charge in [0.25, 0.3) is 11.8 Å². The lowest BCUT2D eigenvalue weighted by Crippen LogP contribution is -2.56. The van der Waals surface area contributed by atoms with Crippen molar-refractivity contribution in [3.63, 3.8) is 0 Å². The molecule has 1 aliphatic rings. The molecular formula is C35H32F3N5O6S. The lowest BCUT2D eigenvalue weighted by atomic mass is 9.74. The summed E-state index contributed by atoms with van der Waals surface area (Å²) in [6.45, 7) is 1.45. The van der Waals surface area contributed by atoms with Crippen LogP contribution in [0.5, 0.6) is 5.75 Å². The van der Waals surface area contributed by atoms with Gasteiger partial charge in [0.05, 0.1) is 35.6 Å². The van der Waals surface area contributed by atoms with Crippen molar-refractivity contribution in [3.05, 3.63) is 95.6 Å². The smallest absolute Gasteiger partial charge is 0.255 e. The van der Waals surface area contributed by atoms with Gasteiger partial charge in [-0.3, -0.25) is 13.9 Å². The van der Waals surface area contributed by atoms with Crippen molar-refractivity contribution in [3.8, 4) is 28.2 Å². The van der Waals surface area contributed by atoms with Gasteiger partial charge in [0.2, 0.25) is 10.0 Å². The SMILES string of the molecule is CCN(c1cc2oc(-c3ccc(F)cc3)c(C(=O)NC)c2c(F)c1-c1ccc(OC)c(C(=O)NC2(c3ncccn3)CC(F)C2)c1)S(C)(=O)=O. The number of furan rings is 1. The third-order valence-electron chi connectivity index (χ3n) is 8.63. The maximum absolute atomic E-state index is 17.3. The number of rotatable bonds is 10. The van der Waals surface area contributed by atoms with Crippen molar-refractivity contribution in [2.24, 2.45) is 0 Å². The number of carbonyl (C=O) groups excluding carboxylic acids is 2. The zero-order valence-electron chi connectivity index (χ0n) is 27.4. The van der Waals surface area contributed by atoms with Crippen molar-refractivity contribution in [1.29, 1.82) is 0 Å². The summed E-state index contributed by atoms with van der Waals surface area (Å²) in [6, 6.07) is 12.1. The van der Waals surface area contributed by atoms with Crippen LogP contribution in [-0.4, -0.2) is 63.3 Å². The Morgan fingerprint density at radius 2 is 1.70 bits per heavy atom. The summed E-state index contributed by atoms with van der Waals surface area (Å²) in [6.07, 6.45) is 2.58. The van der Waals surface area contributed by atoms with Crippen LogP contribution in [-0.2, 0) is 15.6 Å². The van der Waals surface area contributed by atoms with Crippen LogP contribution in [0.1, 0.15) is 46.3 Å². The van der Waals surface area contributed by atoms with Crippen molar-refractivity contribution < 1.29 is 40.3 Å². The summed E-state index contributed by atoms with van der Waals surface area (Å²) in [5.41, 5.74) is -1.70. The number of hydrogen-bond donors (Lipinski definition) is 2. The molecule has 3 aromatic carbocycles. The van der Waals surface area contributed by atoms with Gasteiger partial charge in [-0.1, -0.05) is 6.07 Å². The number of alkyl halides is 1. The predicted octanol–water partition coefficient (Wildman–Crippen LogP) is 5.75. The molecule has 260 valence electrons. The lowest BCUT2D eigenvalue weighted by Gasteiger charge is -2.43. The Bertz CT molecular complexity index is 2220. The maximum Gasteiger partial charge on any atom is 0.255 e. The topological polar surface area (TPSA) is 144 Å². The minimum absolute atomic E-state index is 0.0572. The van der Waals surface area contributed by atoms with Gasteiger partial charge < -0.3 is 19.8 Å². The van der Waals surface area contributed by atoms with Gasteiger partial charge >= 0.3 is 0 Å². The molecule has 1 saturated carbocycles. The molecular weight excluding hydrogens is 675 g/mol. The molecule has 6 rings (SSSR count). The number of carbonyl (C=O) groups is 2. The van der Waals surface area contributed by atoms with E-state index in [4.69, 9.17) is 9.15 Å². The number of benzene rings is 3. The minimum Gasteiger partial charge on any atom is -0.496 e. The standard InChI is InChI=1S/C35H32F3N5O6S/c1-5-43(50(4,46)47)24-16-26-28(29(33(45)39-2)31(49-26)19-7-10-21(36)11-8-19)30(38)27(24)20-9-12-25(48-3)23(15-20)32(44)42-35(17-22(37)18-35)34-40-13-6-14-41-34/h6-16,22H,5,17-18H2,1-4H3,(H,39,45)(H,42,44). The Morgan fingerprint density at radius 1 is 1.04 bits per heavy atom. The summed E-state index contributed by atoms with van der Waals surface area (Å²) in [5.74, 6) is -2.73. The predicted molar refractivity (Wildman–Crippen MR) is 180 cm³/mol. The van der Waals surface area contributed by atoms with E-state index in [-0.39, 0.29) is 81.2 Å². The highest BCUT2D eigenvalue weighted by atomic mass is 32.2. The van der Waals surface area contributed by atoms with Crippen molar-refractivity contribution in [2.45, 2.75) is 31.5 Å². The Balaban J connectivity index is 1.59. The van der Waals surface area contributed by atoms with Crippen LogP contribution in [0.15, 0.2) is 71.4 Å². The molecule has 0 atom stereocenters. The average Bonchev–Trinajstić information content (AvgIpc) is 3.47. The molecule has 0 radical (unpaired) electrons. The molecule has 0 saturated heterocycles. The first-order valence-corrected chi connectivity index (χ1v) is 17.3. The summed E-state index contributed by atoms with van der Waals surface area (Å²) in [4.78, 5) is 35.7. The largest absolute Gasteiger partial charge is 0.496 e. The number of anilines is 1. The van der Waals surface area contributed by atoms with Gasteiger partial charge in [0.15, 0.2) is 5.82 Å². The minimum atomic E-state index is -4.01. The third-order valence-corrected chi connectivity index (χ3v) is 9.89. The first-order valence-electron chi connectivity index (χ1n) is 15.5. The number of methoxy groups -OCH3 is 1. The van der Waals surface area contributed by atoms with Crippen LogP contribution in [0.3, 0.4) is 0 Å². The van der Waals surface area contributed by atoms with Crippen molar-refractivity contribution in [2.75, 3.05) is 31.3 Å². The fourth-order valence-corrected chi connectivity index (χ4v) is 7.28. The lowest BCUT2D eigenvalue weighted by molar-refractivity contribution is 0.0480. The van der Waals surface area contributed by atoms with Gasteiger partial charge in [0.1, 0.15) is 40.4 Å². The van der Waals surface area contributed by atoms with E-state index >= 15 is 4.39 Å². The number of nitrogens with zero attached hydrogens (tertiary/aromatic N) is 3. The van der Waals surface area contributed by atoms with E-state index in [9.17, 15) is 26.8 Å². The van der Waals surface area contributed by atoms with E-state index in [1.54, 1.807) is 13.0 Å². The van der Waals surface area contributed by atoms with Crippen molar-refractivity contribution >= 4 is 38.5 Å². The Morgan fingerprint density at radius 3 is 2.28 bits per heavy atom. The quantitative estimate of drug-likeness (QED) is 0.187. The molecule has 1 fully saturated rings. The second-order valence-electron chi connectivity index (χ2n) is 11.8. The summed E-state index contributed by atoms with van der Waals surface area (Å²) in [7, 11) is -1.33. The second-order valence-corrected chi connectivity index (χ2v) is 13.7. The monoisotopic (exact) mass is 707 g/mol. The molecule has 2 N–H and O–H groups in total. The van der Waals surface area contributed by atoms with Gasteiger partial charge in [-0.2, -0.15) is 0 Å². The van der Waals surface area contributed by atoms with Crippen LogP contribution in [0.25, 0.3) is 33.4 Å². The zero-order chi connectivity index (χ0) is 36.0. The van der Waals surface area contributed by atoms with Gasteiger partial charge in [0, 0.05) is 56.0 Å². The number of hydrogen-bond acceptors (Lipinski definition) is 8. The molecule has 0 unspecified atom stereocenters. The summed E-state index contributed by atoms with van der Waals surface area (Å²) in [5, 5.41) is 5.05. The molecule has 2 heterocycles. The second kappa shape index (κ2) is 13.1. The van der Waals surface area contributed by atoms with E-state index in [1.807, 2.05) is 0 Å². The highest BCUT2D eigenvalue weighted by Crippen LogP contribution is 2.46. The van der Waals surface area contributed by atoms with Crippen LogP contribution >= 0.6 is 0 Å². The Kier molecular flexibility index (Phi) is 9.03. The van der Waals surface area contributed by atoms with E-state index in [2.05, 4.69) is 20.6 Å². The fourth-order valence-electron chi connectivity index (χ4n) is 6.31. The molecule has 0 spiro atoms. The first kappa shape index (κ1) is 34.4. The van der Waals surface area contributed by atoms with Gasteiger partial charge in [-0.25, -0.2) is 31.6 Å². The van der Waals surface area contributed by atoms with Gasteiger partial charge in [-0.15, -0.1) is 0 Å². The van der Waals surface area contributed by atoms with E-state index in [1.165, 1.54) is 62.9 Å². The highest BCUT2D eigenvalue weighted by Gasteiger charge is 2.50. The number of amides is 2. The maximum atomic E-state index is 17.3. The molecule has 2 aromatic heterocycles. The molecule has 1 aliphatic carbocycles. The summed E-state index contributed by atoms with van der Waals surface area (Å²) >= 11 is 0. The molecule has 0 bridgehead atoms. The van der Waals surface area contributed by atoms with Crippen LogP contribution < -0.4 is 19.7 Å². The number of halogens is 3. The van der Waals surface area contributed by atoms with E-state index in [0.29, 0.717) is 0 Å². The van der Waals surface area contributed by atoms with Crippen LogP contribution in [0.4, 0.5) is 18.9 Å². The first-order chi connectivity index (χ1) is 23.8. The molecule has 0 aliphatic heterocycles. The Labute approximate surface area is 285 Å². The summed E-state index contributed by atoms with van der Waals surface area (Å²) < 4.78 is 83.9. The third kappa shape index (κ3) is 6.01. The number of fused-ring (bicyclic) bond motifs is 1. The molecule has 50 heavy (non-hydrogen) atoms. The number of nitrogens with one attached hydrogen (secondary N) is 2. The normalized spacial score (nSPS) is 17.2. The number of ether oxygens (including phenoxy) is 1. The molecule has 2 amide bonds. The molecule has 11 nitrogen and oxygen atoms in total. The van der Waals surface area contributed by atoms with Crippen LogP contribution in [0, 0.1) is 11.6 Å².